The summed E-state index contributed by atoms with van der Waals surface area (Å²) >= 11 is 0. The lowest BCUT2D eigenvalue weighted by molar-refractivity contribution is -0.139. The van der Waals surface area contributed by atoms with E-state index in [9.17, 15) is 22.8 Å². The van der Waals surface area contributed by atoms with Crippen molar-refractivity contribution in [3.63, 3.8) is 0 Å². The van der Waals surface area contributed by atoms with Gasteiger partial charge in [0, 0.05) is 11.4 Å². The van der Waals surface area contributed by atoms with Crippen molar-refractivity contribution >= 4 is 39.3 Å². The predicted molar refractivity (Wildman–Crippen MR) is 157 cm³/mol. The molecule has 0 spiro atoms. The van der Waals surface area contributed by atoms with E-state index in [2.05, 4.69) is 25.7 Å². The number of anilines is 2. The first kappa shape index (κ1) is 33.2. The van der Waals surface area contributed by atoms with Crippen LogP contribution in [0.5, 0.6) is 0 Å². The van der Waals surface area contributed by atoms with Crippen LogP contribution in [0.15, 0.2) is 59.6 Å². The van der Waals surface area contributed by atoms with Gasteiger partial charge in [0.25, 0.3) is 5.91 Å². The van der Waals surface area contributed by atoms with Gasteiger partial charge < -0.3 is 10.1 Å². The number of amides is 3. The Morgan fingerprint density at radius 3 is 2.14 bits per heavy atom. The lowest BCUT2D eigenvalue weighted by Gasteiger charge is -2.19. The summed E-state index contributed by atoms with van der Waals surface area (Å²) < 4.78 is 34.7. The predicted octanol–water partition coefficient (Wildman–Crippen LogP) is 3.26. The molecule has 232 valence electrons. The number of aromatic nitrogens is 3. The number of nitrogens with zero attached hydrogens (tertiary/aromatic N) is 3. The topological polar surface area (TPSA) is 194 Å². The second-order valence-electron chi connectivity index (χ2n) is 11.2. The summed E-state index contributed by atoms with van der Waals surface area (Å²) in [6.45, 7) is 9.20. The normalized spacial score (nSPS) is 12.4. The van der Waals surface area contributed by atoms with Gasteiger partial charge in [-0.25, -0.2) is 28.1 Å². The Morgan fingerprint density at radius 2 is 1.56 bits per heavy atom. The van der Waals surface area contributed by atoms with Gasteiger partial charge in [0.2, 0.25) is 15.9 Å². The summed E-state index contributed by atoms with van der Waals surface area (Å²) in [5.74, 6) is -2.25. The van der Waals surface area contributed by atoms with E-state index in [1.165, 1.54) is 24.3 Å². The van der Waals surface area contributed by atoms with Crippen molar-refractivity contribution in [3.8, 4) is 0 Å². The third kappa shape index (κ3) is 10.5. The van der Waals surface area contributed by atoms with Crippen molar-refractivity contribution in [1.29, 1.82) is 0 Å². The largest absolute Gasteiger partial charge is 0.444 e. The highest BCUT2D eigenvalue weighted by molar-refractivity contribution is 7.89. The van der Waals surface area contributed by atoms with Crippen molar-refractivity contribution in [2.24, 2.45) is 11.8 Å². The molecular formula is C28H37N7O7S. The molecule has 15 heteroatoms. The lowest BCUT2D eigenvalue weighted by Crippen LogP contribution is -2.37. The highest BCUT2D eigenvalue weighted by Gasteiger charge is 2.27. The molecule has 0 radical (unpaired) electrons. The average Bonchev–Trinajstić information content (AvgIpc) is 3.37. The molecular weight excluding hydrogens is 578 g/mol. The Morgan fingerprint density at radius 1 is 0.953 bits per heavy atom. The Hall–Kier alpha value is -4.34. The van der Waals surface area contributed by atoms with Crippen LogP contribution in [0.2, 0.25) is 0 Å². The second kappa shape index (κ2) is 14.2. The zero-order valence-corrected chi connectivity index (χ0v) is 25.4. The molecule has 1 aromatic heterocycles. The molecule has 3 aromatic rings. The Balaban J connectivity index is 1.53. The van der Waals surface area contributed by atoms with Crippen molar-refractivity contribution < 1.29 is 32.7 Å². The fourth-order valence-corrected chi connectivity index (χ4v) is 4.88. The number of nitrogens with one attached hydrogen (secondary N) is 4. The van der Waals surface area contributed by atoms with Crippen LogP contribution in [0.4, 0.5) is 16.2 Å². The third-order valence-electron chi connectivity index (χ3n) is 5.86. The number of hydrogen-bond acceptors (Lipinski definition) is 9. The van der Waals surface area contributed by atoms with Gasteiger partial charge in [-0.3, -0.25) is 20.1 Å². The van der Waals surface area contributed by atoms with E-state index in [4.69, 9.17) is 9.94 Å². The summed E-state index contributed by atoms with van der Waals surface area (Å²) in [5, 5.41) is 22.2. The quantitative estimate of drug-likeness (QED) is 0.115. The minimum absolute atomic E-state index is 0.00864. The molecule has 3 amide bonds. The van der Waals surface area contributed by atoms with Crippen LogP contribution in [-0.2, 0) is 37.4 Å². The number of hydroxylamine groups is 1. The Labute approximate surface area is 250 Å². The fourth-order valence-electron chi connectivity index (χ4n) is 3.88. The summed E-state index contributed by atoms with van der Waals surface area (Å²) in [6, 6.07) is 12.5. The highest BCUT2D eigenvalue weighted by atomic mass is 32.2. The third-order valence-corrected chi connectivity index (χ3v) is 7.27. The molecule has 0 saturated heterocycles. The number of sulfonamides is 1. The van der Waals surface area contributed by atoms with E-state index in [0.29, 0.717) is 23.6 Å². The fraction of sp³-hybridized carbons (Fsp3) is 0.393. The maximum Gasteiger partial charge on any atom is 0.412 e. The van der Waals surface area contributed by atoms with Crippen LogP contribution in [0, 0.1) is 11.8 Å². The summed E-state index contributed by atoms with van der Waals surface area (Å²) in [7, 11) is -3.86. The number of carbonyl (C=O) groups is 3. The van der Waals surface area contributed by atoms with E-state index in [-0.39, 0.29) is 23.8 Å². The molecule has 1 unspecified atom stereocenters. The van der Waals surface area contributed by atoms with Crippen molar-refractivity contribution in [3.05, 3.63) is 66.0 Å². The molecule has 0 aliphatic carbocycles. The van der Waals surface area contributed by atoms with E-state index in [1.54, 1.807) is 61.4 Å². The van der Waals surface area contributed by atoms with E-state index >= 15 is 0 Å². The van der Waals surface area contributed by atoms with Crippen LogP contribution < -0.4 is 20.8 Å². The number of benzene rings is 2. The summed E-state index contributed by atoms with van der Waals surface area (Å²) in [5.41, 5.74) is 2.98. The standard InChI is InChI=1S/C28H37N7O7S/c1-18(2)14-24(26(37)33-39)25(36)30-20-8-6-19(7-9-20)16-35-17-22(32-34-35)15-29-43(40,41)23-12-10-21(11-13-23)31-27(38)42-28(3,4)5/h6-13,17-18,24,29,39H,14-16H2,1-5H3,(H,30,36)(H,31,38)(H,33,37). The van der Waals surface area contributed by atoms with Gasteiger partial charge in [-0.05, 0) is 75.1 Å². The van der Waals surface area contributed by atoms with Crippen LogP contribution >= 0.6 is 0 Å². The molecule has 0 aliphatic rings. The first-order chi connectivity index (χ1) is 20.1. The number of hydrogen-bond donors (Lipinski definition) is 5. The smallest absolute Gasteiger partial charge is 0.412 e. The number of rotatable bonds is 12. The maximum absolute atomic E-state index is 12.7. The Bertz CT molecular complexity index is 1510. The molecule has 0 saturated carbocycles. The van der Waals surface area contributed by atoms with E-state index < -0.39 is 39.4 Å². The first-order valence-corrected chi connectivity index (χ1v) is 15.0. The molecule has 2 aromatic carbocycles. The van der Waals surface area contributed by atoms with Gasteiger partial charge in [-0.15, -0.1) is 5.10 Å². The van der Waals surface area contributed by atoms with Gasteiger partial charge in [-0.2, -0.15) is 0 Å². The number of carbonyl (C=O) groups excluding carboxylic acids is 3. The Kier molecular flexibility index (Phi) is 11.0. The second-order valence-corrected chi connectivity index (χ2v) is 13.0. The minimum atomic E-state index is -3.86. The molecule has 43 heavy (non-hydrogen) atoms. The molecule has 0 fully saturated rings. The monoisotopic (exact) mass is 615 g/mol. The average molecular weight is 616 g/mol. The molecule has 5 N–H and O–H groups in total. The highest BCUT2D eigenvalue weighted by Crippen LogP contribution is 2.18. The lowest BCUT2D eigenvalue weighted by atomic mass is 9.95. The van der Waals surface area contributed by atoms with Gasteiger partial charge in [-0.1, -0.05) is 31.2 Å². The van der Waals surface area contributed by atoms with Gasteiger partial charge in [0.05, 0.1) is 29.9 Å². The van der Waals surface area contributed by atoms with Gasteiger partial charge in [0.15, 0.2) is 0 Å². The molecule has 14 nitrogen and oxygen atoms in total. The molecule has 0 bridgehead atoms. The van der Waals surface area contributed by atoms with Gasteiger partial charge >= 0.3 is 6.09 Å². The van der Waals surface area contributed by atoms with Crippen LogP contribution in [-0.4, -0.2) is 52.1 Å². The van der Waals surface area contributed by atoms with E-state index in [1.807, 2.05) is 13.8 Å². The molecule has 0 aliphatic heterocycles. The van der Waals surface area contributed by atoms with Crippen molar-refractivity contribution in [1.82, 2.24) is 25.2 Å². The maximum atomic E-state index is 12.7. The molecule has 1 heterocycles. The SMILES string of the molecule is CC(C)CC(C(=O)NO)C(=O)Nc1ccc(Cn2cc(CNS(=O)(=O)c3ccc(NC(=O)OC(C)(C)C)cc3)nn2)cc1. The molecule has 1 atom stereocenters. The van der Waals surface area contributed by atoms with Crippen LogP contribution in [0.3, 0.4) is 0 Å². The first-order valence-electron chi connectivity index (χ1n) is 13.5. The number of ether oxygens (including phenoxy) is 1. The minimum Gasteiger partial charge on any atom is -0.444 e. The molecule has 3 rings (SSSR count). The van der Waals surface area contributed by atoms with Crippen LogP contribution in [0.25, 0.3) is 0 Å². The van der Waals surface area contributed by atoms with Crippen molar-refractivity contribution in [2.45, 2.75) is 64.6 Å². The summed E-state index contributed by atoms with van der Waals surface area (Å²) in [4.78, 5) is 36.4. The van der Waals surface area contributed by atoms with E-state index in [0.717, 1.165) is 5.56 Å². The van der Waals surface area contributed by atoms with Gasteiger partial charge in [0.1, 0.15) is 11.5 Å². The van der Waals surface area contributed by atoms with Crippen LogP contribution in [0.1, 0.15) is 52.3 Å². The zero-order valence-electron chi connectivity index (χ0n) is 24.6. The summed E-state index contributed by atoms with van der Waals surface area (Å²) in [6.07, 6.45) is 1.24. The zero-order chi connectivity index (χ0) is 31.8. The van der Waals surface area contributed by atoms with Crippen molar-refractivity contribution in [2.75, 3.05) is 10.6 Å².